The molecule has 130 valence electrons. The number of amides is 1. The summed E-state index contributed by atoms with van der Waals surface area (Å²) in [6.45, 7) is 6.85. The van der Waals surface area contributed by atoms with E-state index in [2.05, 4.69) is 36.1 Å². The number of aryl methyl sites for hydroxylation is 1. The fourth-order valence-electron chi connectivity index (χ4n) is 3.33. The van der Waals surface area contributed by atoms with Crippen molar-refractivity contribution in [3.8, 4) is 0 Å². The Morgan fingerprint density at radius 2 is 1.64 bits per heavy atom. The maximum absolute atomic E-state index is 12.8. The third-order valence-corrected chi connectivity index (χ3v) is 4.76. The van der Waals surface area contributed by atoms with E-state index in [1.165, 1.54) is 18.2 Å². The van der Waals surface area contributed by atoms with E-state index in [4.69, 9.17) is 0 Å². The van der Waals surface area contributed by atoms with Gasteiger partial charge in [0.2, 0.25) is 0 Å². The van der Waals surface area contributed by atoms with E-state index < -0.39 is 0 Å². The Morgan fingerprint density at radius 1 is 0.880 bits per heavy atom. The number of carbonyl (C=O) groups excluding carboxylic acids is 2. The lowest BCUT2D eigenvalue weighted by atomic mass is 10.1. The number of para-hydroxylation sites is 1. The zero-order valence-electron chi connectivity index (χ0n) is 14.9. The number of anilines is 1. The molecule has 0 atom stereocenters. The zero-order valence-corrected chi connectivity index (χ0v) is 14.9. The Balaban J connectivity index is 1.73. The standard InChI is InChI=1S/C21H24N2O2/c1-16-7-3-4-10-20(16)22-11-6-12-23(14-13-22)21(25)19-9-5-8-18(15-19)17(2)24/h3-5,7-10,15H,6,11-14H2,1-2H3. The van der Waals surface area contributed by atoms with Crippen molar-refractivity contribution in [3.05, 3.63) is 65.2 Å². The Bertz CT molecular complexity index is 785. The highest BCUT2D eigenvalue weighted by molar-refractivity contribution is 5.99. The molecular weight excluding hydrogens is 312 g/mol. The monoisotopic (exact) mass is 336 g/mol. The fourth-order valence-corrected chi connectivity index (χ4v) is 3.33. The first kappa shape index (κ1) is 17.2. The number of rotatable bonds is 3. The second-order valence-electron chi connectivity index (χ2n) is 6.56. The van der Waals surface area contributed by atoms with Crippen LogP contribution in [0.1, 0.15) is 39.6 Å². The van der Waals surface area contributed by atoms with Crippen molar-refractivity contribution >= 4 is 17.4 Å². The summed E-state index contributed by atoms with van der Waals surface area (Å²) in [5.74, 6) is -0.00835. The molecule has 25 heavy (non-hydrogen) atoms. The van der Waals surface area contributed by atoms with Gasteiger partial charge in [0.15, 0.2) is 5.78 Å². The molecule has 1 heterocycles. The highest BCUT2D eigenvalue weighted by Gasteiger charge is 2.21. The number of benzene rings is 2. The lowest BCUT2D eigenvalue weighted by Gasteiger charge is -2.25. The Kier molecular flexibility index (Phi) is 5.17. The second-order valence-corrected chi connectivity index (χ2v) is 6.56. The molecule has 0 radical (unpaired) electrons. The molecule has 0 aromatic heterocycles. The van der Waals surface area contributed by atoms with E-state index in [-0.39, 0.29) is 11.7 Å². The number of carbonyl (C=O) groups is 2. The summed E-state index contributed by atoms with van der Waals surface area (Å²) in [7, 11) is 0. The summed E-state index contributed by atoms with van der Waals surface area (Å²) in [4.78, 5) is 28.6. The van der Waals surface area contributed by atoms with Crippen molar-refractivity contribution in [2.24, 2.45) is 0 Å². The highest BCUT2D eigenvalue weighted by Crippen LogP contribution is 2.21. The Hall–Kier alpha value is -2.62. The van der Waals surface area contributed by atoms with Crippen molar-refractivity contribution < 1.29 is 9.59 Å². The first-order valence-corrected chi connectivity index (χ1v) is 8.77. The largest absolute Gasteiger partial charge is 0.369 e. The molecule has 0 saturated carbocycles. The molecule has 0 unspecified atom stereocenters. The van der Waals surface area contributed by atoms with Crippen molar-refractivity contribution in [1.29, 1.82) is 0 Å². The van der Waals surface area contributed by atoms with Crippen LogP contribution in [-0.4, -0.2) is 42.8 Å². The SMILES string of the molecule is CC(=O)c1cccc(C(=O)N2CCCN(c3ccccc3C)CC2)c1. The molecule has 0 aliphatic carbocycles. The summed E-state index contributed by atoms with van der Waals surface area (Å²) in [5.41, 5.74) is 3.69. The highest BCUT2D eigenvalue weighted by atomic mass is 16.2. The van der Waals surface area contributed by atoms with Crippen LogP contribution in [0.15, 0.2) is 48.5 Å². The van der Waals surface area contributed by atoms with Crippen LogP contribution in [0.3, 0.4) is 0 Å². The smallest absolute Gasteiger partial charge is 0.253 e. The van der Waals surface area contributed by atoms with Gasteiger partial charge in [-0.05, 0) is 44.0 Å². The van der Waals surface area contributed by atoms with Gasteiger partial charge in [0.05, 0.1) is 0 Å². The van der Waals surface area contributed by atoms with Crippen LogP contribution in [-0.2, 0) is 0 Å². The van der Waals surface area contributed by atoms with Crippen molar-refractivity contribution in [1.82, 2.24) is 4.90 Å². The molecule has 2 aromatic carbocycles. The summed E-state index contributed by atoms with van der Waals surface area (Å²) >= 11 is 0. The van der Waals surface area contributed by atoms with Gasteiger partial charge in [-0.25, -0.2) is 0 Å². The van der Waals surface area contributed by atoms with Crippen molar-refractivity contribution in [2.75, 3.05) is 31.1 Å². The van der Waals surface area contributed by atoms with Crippen LogP contribution in [0.4, 0.5) is 5.69 Å². The predicted octanol–water partition coefficient (Wildman–Crippen LogP) is 3.55. The topological polar surface area (TPSA) is 40.6 Å². The third kappa shape index (κ3) is 3.90. The van der Waals surface area contributed by atoms with Gasteiger partial charge in [0.1, 0.15) is 0 Å². The minimum atomic E-state index is -0.0174. The van der Waals surface area contributed by atoms with Crippen LogP contribution < -0.4 is 4.90 Å². The molecule has 4 heteroatoms. The Labute approximate surface area is 149 Å². The van der Waals surface area contributed by atoms with E-state index >= 15 is 0 Å². The number of ketones is 1. The van der Waals surface area contributed by atoms with Gasteiger partial charge in [-0.1, -0.05) is 30.3 Å². The van der Waals surface area contributed by atoms with Crippen LogP contribution >= 0.6 is 0 Å². The fraction of sp³-hybridized carbons (Fsp3) is 0.333. The molecule has 0 N–H and O–H groups in total. The number of hydrogen-bond acceptors (Lipinski definition) is 3. The van der Waals surface area contributed by atoms with E-state index in [0.29, 0.717) is 17.7 Å². The van der Waals surface area contributed by atoms with Gasteiger partial charge in [-0.3, -0.25) is 9.59 Å². The van der Waals surface area contributed by atoms with E-state index in [9.17, 15) is 9.59 Å². The number of Topliss-reactive ketones (excluding diaryl/α,β-unsaturated/α-hetero) is 1. The van der Waals surface area contributed by atoms with Crippen LogP contribution in [0.25, 0.3) is 0 Å². The molecule has 1 amide bonds. The van der Waals surface area contributed by atoms with E-state index in [1.807, 2.05) is 4.90 Å². The van der Waals surface area contributed by atoms with Crippen LogP contribution in [0, 0.1) is 6.92 Å². The molecule has 2 aromatic rings. The van der Waals surface area contributed by atoms with Gasteiger partial charge < -0.3 is 9.80 Å². The van der Waals surface area contributed by atoms with Crippen LogP contribution in [0.5, 0.6) is 0 Å². The molecule has 1 aliphatic rings. The quantitative estimate of drug-likeness (QED) is 0.805. The van der Waals surface area contributed by atoms with Gasteiger partial charge in [-0.15, -0.1) is 0 Å². The number of hydrogen-bond donors (Lipinski definition) is 0. The van der Waals surface area contributed by atoms with Crippen molar-refractivity contribution in [3.63, 3.8) is 0 Å². The van der Waals surface area contributed by atoms with Crippen LogP contribution in [0.2, 0.25) is 0 Å². The van der Waals surface area contributed by atoms with E-state index in [1.54, 1.807) is 24.3 Å². The first-order chi connectivity index (χ1) is 12.1. The lowest BCUT2D eigenvalue weighted by Crippen LogP contribution is -2.35. The van der Waals surface area contributed by atoms with Gasteiger partial charge in [-0.2, -0.15) is 0 Å². The summed E-state index contributed by atoms with van der Waals surface area (Å²) in [6, 6.07) is 15.4. The average Bonchev–Trinajstić information content (AvgIpc) is 2.87. The second kappa shape index (κ2) is 7.51. The van der Waals surface area contributed by atoms with Gasteiger partial charge in [0, 0.05) is 43.0 Å². The average molecular weight is 336 g/mol. The minimum absolute atomic E-state index is 0.00901. The summed E-state index contributed by atoms with van der Waals surface area (Å²) in [5, 5.41) is 0. The first-order valence-electron chi connectivity index (χ1n) is 8.77. The van der Waals surface area contributed by atoms with Crippen molar-refractivity contribution in [2.45, 2.75) is 20.3 Å². The Morgan fingerprint density at radius 3 is 2.40 bits per heavy atom. The summed E-state index contributed by atoms with van der Waals surface area (Å²) < 4.78 is 0. The predicted molar refractivity (Wildman–Crippen MR) is 100 cm³/mol. The van der Waals surface area contributed by atoms with Gasteiger partial charge in [0.25, 0.3) is 5.91 Å². The molecular formula is C21H24N2O2. The summed E-state index contributed by atoms with van der Waals surface area (Å²) in [6.07, 6.45) is 0.937. The third-order valence-electron chi connectivity index (χ3n) is 4.76. The molecule has 0 bridgehead atoms. The normalized spacial score (nSPS) is 15.0. The maximum Gasteiger partial charge on any atom is 0.253 e. The molecule has 1 fully saturated rings. The molecule has 4 nitrogen and oxygen atoms in total. The van der Waals surface area contributed by atoms with E-state index in [0.717, 1.165) is 26.1 Å². The number of nitrogens with zero attached hydrogens (tertiary/aromatic N) is 2. The van der Waals surface area contributed by atoms with Gasteiger partial charge >= 0.3 is 0 Å². The molecule has 0 spiro atoms. The molecule has 3 rings (SSSR count). The lowest BCUT2D eigenvalue weighted by molar-refractivity contribution is 0.0767. The maximum atomic E-state index is 12.8. The molecule has 1 aliphatic heterocycles. The molecule has 1 saturated heterocycles. The minimum Gasteiger partial charge on any atom is -0.369 e. The zero-order chi connectivity index (χ0) is 17.8.